The molecular weight excluding hydrogens is 286 g/mol. The Kier molecular flexibility index (Phi) is 6.60. The molecule has 0 heterocycles. The number of para-hydroxylation sites is 1. The van der Waals surface area contributed by atoms with E-state index < -0.39 is 11.9 Å². The highest BCUT2D eigenvalue weighted by molar-refractivity contribution is 6.09. The minimum absolute atomic E-state index is 0.0987. The fourth-order valence-electron chi connectivity index (χ4n) is 1.65. The van der Waals surface area contributed by atoms with Gasteiger partial charge in [0.05, 0.1) is 25.0 Å². The van der Waals surface area contributed by atoms with Crippen LogP contribution in [0.3, 0.4) is 0 Å². The first kappa shape index (κ1) is 17.2. The lowest BCUT2D eigenvalue weighted by Crippen LogP contribution is -2.21. The number of methoxy groups -OCH3 is 1. The van der Waals surface area contributed by atoms with Crippen LogP contribution in [0.4, 0.5) is 5.69 Å². The summed E-state index contributed by atoms with van der Waals surface area (Å²) in [5, 5.41) is 20.4. The summed E-state index contributed by atoms with van der Waals surface area (Å²) in [6.45, 7) is 0.190. The van der Waals surface area contributed by atoms with E-state index in [1.54, 1.807) is 25.2 Å². The average molecular weight is 303 g/mol. The summed E-state index contributed by atoms with van der Waals surface area (Å²) in [6.07, 6.45) is 1.33. The van der Waals surface area contributed by atoms with Gasteiger partial charge in [-0.2, -0.15) is 5.26 Å². The van der Waals surface area contributed by atoms with Crippen LogP contribution in [-0.4, -0.2) is 49.2 Å². The number of aliphatic hydroxyl groups is 1. The smallest absolute Gasteiger partial charge is 0.339 e. The molecule has 116 valence electrons. The molecule has 7 nitrogen and oxygen atoms in total. The van der Waals surface area contributed by atoms with Crippen LogP contribution in [0.25, 0.3) is 0 Å². The van der Waals surface area contributed by atoms with E-state index in [1.807, 2.05) is 0 Å². The van der Waals surface area contributed by atoms with E-state index in [-0.39, 0.29) is 30.0 Å². The molecule has 2 N–H and O–H groups in total. The van der Waals surface area contributed by atoms with Crippen LogP contribution < -0.4 is 5.32 Å². The molecule has 1 aromatic carbocycles. The summed E-state index contributed by atoms with van der Waals surface area (Å²) in [4.78, 5) is 25.3. The van der Waals surface area contributed by atoms with E-state index in [0.717, 1.165) is 0 Å². The van der Waals surface area contributed by atoms with Gasteiger partial charge in [0.1, 0.15) is 11.6 Å². The Morgan fingerprint density at radius 2 is 2.14 bits per heavy atom. The minimum Gasteiger partial charge on any atom is -0.465 e. The van der Waals surface area contributed by atoms with Crippen LogP contribution in [0.1, 0.15) is 10.4 Å². The first-order valence-electron chi connectivity index (χ1n) is 6.45. The fraction of sp³-hybridized carbons (Fsp3) is 0.267. The number of nitriles is 1. The van der Waals surface area contributed by atoms with E-state index in [0.29, 0.717) is 0 Å². The molecule has 0 unspecified atom stereocenters. The third kappa shape index (κ3) is 4.61. The lowest BCUT2D eigenvalue weighted by atomic mass is 10.1. The number of aliphatic hydroxyl groups excluding tert-OH is 1. The van der Waals surface area contributed by atoms with Crippen LogP contribution in [-0.2, 0) is 9.53 Å². The lowest BCUT2D eigenvalue weighted by Gasteiger charge is -2.13. The molecule has 0 fully saturated rings. The van der Waals surface area contributed by atoms with Gasteiger partial charge in [-0.1, -0.05) is 12.1 Å². The van der Waals surface area contributed by atoms with Crippen LogP contribution >= 0.6 is 0 Å². The van der Waals surface area contributed by atoms with Gasteiger partial charge in [0.25, 0.3) is 5.91 Å². The molecular formula is C15H17N3O4. The second-order valence-electron chi connectivity index (χ2n) is 4.35. The van der Waals surface area contributed by atoms with Gasteiger partial charge in [0.15, 0.2) is 0 Å². The fourth-order valence-corrected chi connectivity index (χ4v) is 1.65. The van der Waals surface area contributed by atoms with E-state index >= 15 is 0 Å². The summed E-state index contributed by atoms with van der Waals surface area (Å²) in [6, 6.07) is 8.12. The summed E-state index contributed by atoms with van der Waals surface area (Å²) in [5.41, 5.74) is 0.306. The predicted molar refractivity (Wildman–Crippen MR) is 79.8 cm³/mol. The van der Waals surface area contributed by atoms with Crippen LogP contribution in [0.15, 0.2) is 36.0 Å². The van der Waals surface area contributed by atoms with Crippen molar-refractivity contribution in [1.29, 1.82) is 5.26 Å². The number of likely N-dealkylation sites (N-methyl/N-ethyl adjacent to an activating group) is 1. The van der Waals surface area contributed by atoms with Crippen molar-refractivity contribution in [2.24, 2.45) is 0 Å². The summed E-state index contributed by atoms with van der Waals surface area (Å²) in [7, 11) is 2.87. The topological polar surface area (TPSA) is 103 Å². The van der Waals surface area contributed by atoms with Crippen molar-refractivity contribution in [3.8, 4) is 6.07 Å². The number of hydrogen-bond acceptors (Lipinski definition) is 6. The molecule has 1 rings (SSSR count). The molecule has 0 radical (unpaired) electrons. The Morgan fingerprint density at radius 1 is 1.45 bits per heavy atom. The molecule has 0 spiro atoms. The number of ether oxygens (including phenoxy) is 1. The number of amides is 1. The highest BCUT2D eigenvalue weighted by atomic mass is 16.5. The Bertz CT molecular complexity index is 619. The van der Waals surface area contributed by atoms with Gasteiger partial charge >= 0.3 is 5.97 Å². The molecule has 0 aliphatic rings. The van der Waals surface area contributed by atoms with E-state index in [2.05, 4.69) is 10.1 Å². The Hall–Kier alpha value is -2.85. The van der Waals surface area contributed by atoms with Crippen molar-refractivity contribution >= 4 is 17.6 Å². The number of nitrogens with zero attached hydrogens (tertiary/aromatic N) is 2. The van der Waals surface area contributed by atoms with Gasteiger partial charge in [0, 0.05) is 19.8 Å². The third-order valence-electron chi connectivity index (χ3n) is 2.75. The summed E-state index contributed by atoms with van der Waals surface area (Å²) >= 11 is 0. The Morgan fingerprint density at radius 3 is 2.73 bits per heavy atom. The number of carbonyl (C=O) groups is 2. The zero-order chi connectivity index (χ0) is 16.5. The van der Waals surface area contributed by atoms with E-state index in [4.69, 9.17) is 10.4 Å². The maximum atomic E-state index is 12.1. The molecule has 0 aliphatic carbocycles. The maximum absolute atomic E-state index is 12.1. The second kappa shape index (κ2) is 8.44. The zero-order valence-electron chi connectivity index (χ0n) is 12.4. The highest BCUT2D eigenvalue weighted by Gasteiger charge is 2.16. The van der Waals surface area contributed by atoms with Gasteiger partial charge < -0.3 is 20.1 Å². The second-order valence-corrected chi connectivity index (χ2v) is 4.35. The molecule has 0 saturated carbocycles. The summed E-state index contributed by atoms with van der Waals surface area (Å²) < 4.78 is 4.64. The largest absolute Gasteiger partial charge is 0.465 e. The molecule has 1 amide bonds. The van der Waals surface area contributed by atoms with Crippen LogP contribution in [0.2, 0.25) is 0 Å². The maximum Gasteiger partial charge on any atom is 0.339 e. The number of hydrogen-bond donors (Lipinski definition) is 2. The van der Waals surface area contributed by atoms with Gasteiger partial charge in [0.2, 0.25) is 0 Å². The molecule has 7 heteroatoms. The molecule has 1 aromatic rings. The Labute approximate surface area is 128 Å². The first-order chi connectivity index (χ1) is 10.5. The van der Waals surface area contributed by atoms with Crippen molar-refractivity contribution in [3.05, 3.63) is 41.6 Å². The molecule has 0 aliphatic heterocycles. The zero-order valence-corrected chi connectivity index (χ0v) is 12.4. The van der Waals surface area contributed by atoms with E-state index in [9.17, 15) is 9.59 Å². The van der Waals surface area contributed by atoms with Crippen LogP contribution in [0, 0.1) is 11.3 Å². The first-order valence-corrected chi connectivity index (χ1v) is 6.45. The van der Waals surface area contributed by atoms with Crippen molar-refractivity contribution < 1.29 is 19.4 Å². The SMILES string of the molecule is COC(=O)c1ccccc1NC(=O)/C(C#N)=C\N(C)CCO. The number of rotatable bonds is 6. The molecule has 0 bridgehead atoms. The van der Waals surface area contributed by atoms with Crippen molar-refractivity contribution in [2.75, 3.05) is 32.6 Å². The van der Waals surface area contributed by atoms with Gasteiger partial charge in [-0.15, -0.1) is 0 Å². The summed E-state index contributed by atoms with van der Waals surface area (Å²) in [5.74, 6) is -1.24. The number of nitrogens with one attached hydrogen (secondary N) is 1. The molecule has 0 atom stereocenters. The quantitative estimate of drug-likeness (QED) is 0.456. The number of benzene rings is 1. The van der Waals surface area contributed by atoms with Crippen molar-refractivity contribution in [2.45, 2.75) is 0 Å². The van der Waals surface area contributed by atoms with Gasteiger partial charge in [-0.25, -0.2) is 4.79 Å². The predicted octanol–water partition coefficient (Wildman–Crippen LogP) is 0.743. The number of carbonyl (C=O) groups excluding carboxylic acids is 2. The normalized spacial score (nSPS) is 10.5. The highest BCUT2D eigenvalue weighted by Crippen LogP contribution is 2.17. The van der Waals surface area contributed by atoms with Crippen molar-refractivity contribution in [3.63, 3.8) is 0 Å². The van der Waals surface area contributed by atoms with Crippen LogP contribution in [0.5, 0.6) is 0 Å². The Balaban J connectivity index is 2.97. The average Bonchev–Trinajstić information content (AvgIpc) is 2.52. The standard InChI is InChI=1S/C15H17N3O4/c1-18(7-8-19)10-11(9-16)14(20)17-13-6-4-3-5-12(13)15(21)22-2/h3-6,10,19H,7-8H2,1-2H3,(H,17,20)/b11-10-. The monoisotopic (exact) mass is 303 g/mol. The molecule has 22 heavy (non-hydrogen) atoms. The molecule has 0 saturated heterocycles. The van der Waals surface area contributed by atoms with Gasteiger partial charge in [-0.05, 0) is 12.1 Å². The minimum atomic E-state index is -0.649. The number of esters is 1. The molecule has 0 aromatic heterocycles. The number of anilines is 1. The van der Waals surface area contributed by atoms with Gasteiger partial charge in [-0.3, -0.25) is 4.79 Å². The third-order valence-corrected chi connectivity index (χ3v) is 2.75. The van der Waals surface area contributed by atoms with E-state index in [1.165, 1.54) is 30.3 Å². The lowest BCUT2D eigenvalue weighted by molar-refractivity contribution is -0.112. The van der Waals surface area contributed by atoms with Crippen molar-refractivity contribution in [1.82, 2.24) is 4.90 Å².